The zero-order valence-corrected chi connectivity index (χ0v) is 12.0. The predicted molar refractivity (Wildman–Crippen MR) is 80.0 cm³/mol. The third-order valence-corrected chi connectivity index (χ3v) is 4.05. The summed E-state index contributed by atoms with van der Waals surface area (Å²) in [6, 6.07) is 3.06. The van der Waals surface area contributed by atoms with E-state index in [9.17, 15) is 14.4 Å². The molecule has 0 amide bonds. The second-order valence-corrected chi connectivity index (χ2v) is 5.37. The molecule has 0 saturated heterocycles. The molecule has 3 aromatic rings. The summed E-state index contributed by atoms with van der Waals surface area (Å²) in [7, 11) is 0. The van der Waals surface area contributed by atoms with Gasteiger partial charge in [-0.3, -0.25) is 14.2 Å². The minimum atomic E-state index is -0.419. The zero-order valence-electron chi connectivity index (χ0n) is 11.2. The SMILES string of the molecule is CCn1ccc(=O)n(Cc2nc3ccsc3c(=O)[nH]2)c1=O. The molecule has 8 heteroatoms. The van der Waals surface area contributed by atoms with E-state index in [0.29, 0.717) is 22.6 Å². The van der Waals surface area contributed by atoms with Crippen molar-refractivity contribution in [3.63, 3.8) is 0 Å². The lowest BCUT2D eigenvalue weighted by atomic mass is 10.4. The van der Waals surface area contributed by atoms with Crippen molar-refractivity contribution in [1.29, 1.82) is 0 Å². The summed E-state index contributed by atoms with van der Waals surface area (Å²) in [5.41, 5.74) is -0.529. The molecule has 0 bridgehead atoms. The van der Waals surface area contributed by atoms with E-state index < -0.39 is 11.2 Å². The molecule has 0 atom stereocenters. The molecule has 3 rings (SSSR count). The van der Waals surface area contributed by atoms with E-state index in [1.54, 1.807) is 11.4 Å². The first-order chi connectivity index (χ1) is 10.1. The molecule has 0 aromatic carbocycles. The van der Waals surface area contributed by atoms with Gasteiger partial charge in [0.2, 0.25) is 0 Å². The third-order valence-electron chi connectivity index (χ3n) is 3.15. The van der Waals surface area contributed by atoms with Gasteiger partial charge in [-0.05, 0) is 18.4 Å². The second-order valence-electron chi connectivity index (χ2n) is 4.46. The maximum absolute atomic E-state index is 12.1. The molecule has 0 radical (unpaired) electrons. The lowest BCUT2D eigenvalue weighted by molar-refractivity contribution is 0.588. The largest absolute Gasteiger partial charge is 0.331 e. The highest BCUT2D eigenvalue weighted by Gasteiger charge is 2.09. The number of aromatic nitrogens is 4. The smallest absolute Gasteiger partial charge is 0.308 e. The summed E-state index contributed by atoms with van der Waals surface area (Å²) in [5.74, 6) is 0.291. The van der Waals surface area contributed by atoms with E-state index in [1.165, 1.54) is 28.2 Å². The standard InChI is InChI=1S/C13H12N4O3S/c1-2-16-5-3-10(18)17(13(16)20)7-9-14-8-4-6-21-11(8)12(19)15-9/h3-6H,2,7H2,1H3,(H,14,15,19). The summed E-state index contributed by atoms with van der Waals surface area (Å²) in [4.78, 5) is 42.8. The Bertz CT molecular complexity index is 979. The number of aromatic amines is 1. The predicted octanol–water partition coefficient (Wildman–Crippen LogP) is 0.376. The van der Waals surface area contributed by atoms with Gasteiger partial charge in [-0.15, -0.1) is 11.3 Å². The summed E-state index contributed by atoms with van der Waals surface area (Å²) in [5, 5.41) is 1.77. The molecular weight excluding hydrogens is 292 g/mol. The summed E-state index contributed by atoms with van der Waals surface area (Å²) < 4.78 is 3.01. The van der Waals surface area contributed by atoms with E-state index in [1.807, 2.05) is 6.92 Å². The van der Waals surface area contributed by atoms with Gasteiger partial charge in [0.05, 0.1) is 12.1 Å². The van der Waals surface area contributed by atoms with Gasteiger partial charge >= 0.3 is 5.69 Å². The van der Waals surface area contributed by atoms with Crippen molar-refractivity contribution in [2.45, 2.75) is 20.0 Å². The molecular formula is C13H12N4O3S. The molecule has 7 nitrogen and oxygen atoms in total. The molecule has 21 heavy (non-hydrogen) atoms. The molecule has 3 heterocycles. The van der Waals surface area contributed by atoms with Crippen molar-refractivity contribution in [2.24, 2.45) is 0 Å². The van der Waals surface area contributed by atoms with E-state index >= 15 is 0 Å². The third kappa shape index (κ3) is 2.33. The van der Waals surface area contributed by atoms with Gasteiger partial charge in [-0.1, -0.05) is 0 Å². The number of rotatable bonds is 3. The molecule has 108 valence electrons. The molecule has 1 N–H and O–H groups in total. The molecule has 0 unspecified atom stereocenters. The number of hydrogen-bond donors (Lipinski definition) is 1. The number of H-pyrrole nitrogens is 1. The van der Waals surface area contributed by atoms with Crippen LogP contribution in [0.15, 0.2) is 38.1 Å². The Kier molecular flexibility index (Phi) is 3.30. The van der Waals surface area contributed by atoms with Crippen LogP contribution in [0.25, 0.3) is 10.2 Å². The highest BCUT2D eigenvalue weighted by atomic mass is 32.1. The maximum atomic E-state index is 12.1. The van der Waals surface area contributed by atoms with Crippen molar-refractivity contribution in [1.82, 2.24) is 19.1 Å². The van der Waals surface area contributed by atoms with Crippen LogP contribution in [-0.4, -0.2) is 19.1 Å². The lowest BCUT2D eigenvalue weighted by Crippen LogP contribution is -2.39. The van der Waals surface area contributed by atoms with Crippen molar-refractivity contribution < 1.29 is 0 Å². The van der Waals surface area contributed by atoms with Gasteiger partial charge in [0.25, 0.3) is 11.1 Å². The van der Waals surface area contributed by atoms with Crippen LogP contribution in [0.1, 0.15) is 12.7 Å². The Morgan fingerprint density at radius 3 is 2.86 bits per heavy atom. The van der Waals surface area contributed by atoms with Crippen molar-refractivity contribution >= 4 is 21.6 Å². The van der Waals surface area contributed by atoms with Crippen LogP contribution in [0.3, 0.4) is 0 Å². The van der Waals surface area contributed by atoms with Crippen LogP contribution >= 0.6 is 11.3 Å². The van der Waals surface area contributed by atoms with Gasteiger partial charge < -0.3 is 9.55 Å². The Labute approximate surface area is 122 Å². The minimum absolute atomic E-state index is 0.0560. The van der Waals surface area contributed by atoms with Crippen molar-refractivity contribution in [3.8, 4) is 0 Å². The molecule has 0 saturated carbocycles. The van der Waals surface area contributed by atoms with Gasteiger partial charge in [-0.2, -0.15) is 0 Å². The fourth-order valence-electron chi connectivity index (χ4n) is 2.09. The molecule has 0 spiro atoms. The Hall–Kier alpha value is -2.48. The zero-order chi connectivity index (χ0) is 15.0. The summed E-state index contributed by atoms with van der Waals surface area (Å²) >= 11 is 1.30. The lowest BCUT2D eigenvalue weighted by Gasteiger charge is -2.07. The molecule has 0 aliphatic heterocycles. The molecule has 0 aliphatic carbocycles. The Morgan fingerprint density at radius 2 is 2.10 bits per heavy atom. The number of hydrogen-bond acceptors (Lipinski definition) is 5. The molecule has 3 aromatic heterocycles. The monoisotopic (exact) mass is 304 g/mol. The first kappa shape index (κ1) is 13.5. The highest BCUT2D eigenvalue weighted by Crippen LogP contribution is 2.13. The average Bonchev–Trinajstić information content (AvgIpc) is 2.92. The number of nitrogens with zero attached hydrogens (tertiary/aromatic N) is 3. The van der Waals surface area contributed by atoms with E-state index in [4.69, 9.17) is 0 Å². The van der Waals surface area contributed by atoms with Crippen LogP contribution in [-0.2, 0) is 13.1 Å². The number of thiophene rings is 1. The highest BCUT2D eigenvalue weighted by molar-refractivity contribution is 7.17. The van der Waals surface area contributed by atoms with Gasteiger partial charge in [-0.25, -0.2) is 9.78 Å². The van der Waals surface area contributed by atoms with Crippen LogP contribution in [0.5, 0.6) is 0 Å². The topological polar surface area (TPSA) is 89.8 Å². The van der Waals surface area contributed by atoms with Crippen LogP contribution in [0.4, 0.5) is 0 Å². The normalized spacial score (nSPS) is 11.1. The fraction of sp³-hybridized carbons (Fsp3) is 0.231. The van der Waals surface area contributed by atoms with E-state index in [2.05, 4.69) is 9.97 Å². The first-order valence-corrected chi connectivity index (χ1v) is 7.25. The van der Waals surface area contributed by atoms with Crippen molar-refractivity contribution in [3.05, 3.63) is 60.7 Å². The molecule has 0 fully saturated rings. The summed E-state index contributed by atoms with van der Waals surface area (Å²) in [6.07, 6.45) is 1.46. The number of aryl methyl sites for hydroxylation is 1. The Balaban J connectivity index is 2.12. The average molecular weight is 304 g/mol. The quantitative estimate of drug-likeness (QED) is 0.757. The Morgan fingerprint density at radius 1 is 1.29 bits per heavy atom. The number of fused-ring (bicyclic) bond motifs is 1. The van der Waals surface area contributed by atoms with Gasteiger partial charge in [0.15, 0.2) is 0 Å². The number of nitrogens with one attached hydrogen (secondary N) is 1. The summed E-state index contributed by atoms with van der Waals surface area (Å²) in [6.45, 7) is 2.22. The van der Waals surface area contributed by atoms with Crippen LogP contribution in [0.2, 0.25) is 0 Å². The van der Waals surface area contributed by atoms with Crippen LogP contribution in [0, 0.1) is 0 Å². The molecule has 0 aliphatic rings. The first-order valence-electron chi connectivity index (χ1n) is 6.37. The van der Waals surface area contributed by atoms with Gasteiger partial charge in [0, 0.05) is 18.8 Å². The van der Waals surface area contributed by atoms with Gasteiger partial charge in [0.1, 0.15) is 10.5 Å². The van der Waals surface area contributed by atoms with E-state index in [0.717, 1.165) is 4.57 Å². The van der Waals surface area contributed by atoms with Crippen molar-refractivity contribution in [2.75, 3.05) is 0 Å². The fourth-order valence-corrected chi connectivity index (χ4v) is 2.81. The second kappa shape index (κ2) is 5.13. The maximum Gasteiger partial charge on any atom is 0.331 e. The minimum Gasteiger partial charge on any atom is -0.308 e. The van der Waals surface area contributed by atoms with Crippen LogP contribution < -0.4 is 16.8 Å². The van der Waals surface area contributed by atoms with E-state index in [-0.39, 0.29) is 12.1 Å².